The summed E-state index contributed by atoms with van der Waals surface area (Å²) in [4.78, 5) is 26.5. The van der Waals surface area contributed by atoms with Gasteiger partial charge in [-0.05, 0) is 26.2 Å². The van der Waals surface area contributed by atoms with Gasteiger partial charge in [-0.25, -0.2) is 9.59 Å². The Balaban J connectivity index is 2.09. The summed E-state index contributed by atoms with van der Waals surface area (Å²) >= 11 is 0. The van der Waals surface area contributed by atoms with Gasteiger partial charge in [-0.2, -0.15) is 0 Å². The Morgan fingerprint density at radius 1 is 1.22 bits per heavy atom. The molecule has 2 aliphatic heterocycles. The highest BCUT2D eigenvalue weighted by Crippen LogP contribution is 2.24. The number of carboxylic acid groups (broad SMARTS) is 1. The van der Waals surface area contributed by atoms with E-state index in [4.69, 9.17) is 5.11 Å². The van der Waals surface area contributed by atoms with Crippen LogP contribution in [0.4, 0.5) is 4.79 Å². The van der Waals surface area contributed by atoms with Crippen LogP contribution in [0.25, 0.3) is 0 Å². The third-order valence-electron chi connectivity index (χ3n) is 3.86. The molecule has 2 aliphatic rings. The molecule has 0 saturated carbocycles. The van der Waals surface area contributed by atoms with Gasteiger partial charge in [0.15, 0.2) is 0 Å². The zero-order chi connectivity index (χ0) is 13.3. The number of likely N-dealkylation sites (tertiary alicyclic amines) is 2. The number of β-amino-alcohol motifs (C(OH)–C–C–N with tert-alkyl or cyclic N) is 1. The number of rotatable bonds is 1. The maximum Gasteiger partial charge on any atom is 0.326 e. The van der Waals surface area contributed by atoms with Gasteiger partial charge in [-0.15, -0.1) is 0 Å². The van der Waals surface area contributed by atoms with Crippen LogP contribution in [-0.2, 0) is 4.79 Å². The molecule has 2 heterocycles. The molecule has 2 saturated heterocycles. The van der Waals surface area contributed by atoms with Crippen molar-refractivity contribution in [3.8, 4) is 0 Å². The maximum atomic E-state index is 12.3. The molecule has 0 spiro atoms. The fourth-order valence-electron chi connectivity index (χ4n) is 2.81. The Morgan fingerprint density at radius 2 is 1.94 bits per heavy atom. The minimum absolute atomic E-state index is 0.124. The van der Waals surface area contributed by atoms with E-state index < -0.39 is 18.1 Å². The first kappa shape index (κ1) is 13.1. The van der Waals surface area contributed by atoms with E-state index in [1.807, 2.05) is 6.92 Å². The summed E-state index contributed by atoms with van der Waals surface area (Å²) in [5.41, 5.74) is 0. The van der Waals surface area contributed by atoms with Crippen LogP contribution in [0.1, 0.15) is 32.6 Å². The average Bonchev–Trinajstić information content (AvgIpc) is 2.71. The summed E-state index contributed by atoms with van der Waals surface area (Å²) in [5, 5.41) is 18.6. The highest BCUT2D eigenvalue weighted by atomic mass is 16.4. The molecule has 2 rings (SSSR count). The SMILES string of the molecule is CC1CCCCN1C(=O)N1C[C@H](O)C[C@@H]1C(=O)O. The first-order valence-corrected chi connectivity index (χ1v) is 6.49. The molecule has 0 aromatic rings. The standard InChI is InChI=1S/C12H20N2O4/c1-8-4-2-3-5-13(8)12(18)14-7-9(15)6-10(14)11(16)17/h8-10,15H,2-7H2,1H3,(H,16,17)/t8?,9-,10-/m1/s1. The predicted molar refractivity (Wildman–Crippen MR) is 64.2 cm³/mol. The summed E-state index contributed by atoms with van der Waals surface area (Å²) in [5.74, 6) is -1.04. The van der Waals surface area contributed by atoms with Crippen LogP contribution in [0.3, 0.4) is 0 Å². The largest absolute Gasteiger partial charge is 0.480 e. The summed E-state index contributed by atoms with van der Waals surface area (Å²) in [6.07, 6.45) is 2.43. The van der Waals surface area contributed by atoms with Crippen LogP contribution in [0.15, 0.2) is 0 Å². The van der Waals surface area contributed by atoms with Gasteiger partial charge in [0.25, 0.3) is 0 Å². The Labute approximate surface area is 106 Å². The first-order chi connectivity index (χ1) is 8.50. The van der Waals surface area contributed by atoms with Crippen LogP contribution >= 0.6 is 0 Å². The maximum absolute atomic E-state index is 12.3. The average molecular weight is 256 g/mol. The highest BCUT2D eigenvalue weighted by Gasteiger charge is 2.41. The normalized spacial score (nSPS) is 32.7. The van der Waals surface area contributed by atoms with Crippen molar-refractivity contribution in [3.05, 3.63) is 0 Å². The van der Waals surface area contributed by atoms with Gasteiger partial charge in [0, 0.05) is 25.6 Å². The van der Waals surface area contributed by atoms with E-state index in [0.29, 0.717) is 6.54 Å². The third-order valence-corrected chi connectivity index (χ3v) is 3.86. The Hall–Kier alpha value is -1.30. The number of urea groups is 1. The molecule has 6 nitrogen and oxygen atoms in total. The second-order valence-corrected chi connectivity index (χ2v) is 5.22. The van der Waals surface area contributed by atoms with Gasteiger partial charge < -0.3 is 20.0 Å². The van der Waals surface area contributed by atoms with E-state index in [9.17, 15) is 14.7 Å². The molecule has 0 aliphatic carbocycles. The minimum Gasteiger partial charge on any atom is -0.480 e. The second kappa shape index (κ2) is 5.14. The molecule has 18 heavy (non-hydrogen) atoms. The lowest BCUT2D eigenvalue weighted by molar-refractivity contribution is -0.141. The van der Waals surface area contributed by atoms with E-state index in [0.717, 1.165) is 19.3 Å². The highest BCUT2D eigenvalue weighted by molar-refractivity contribution is 5.83. The summed E-state index contributed by atoms with van der Waals surface area (Å²) in [6, 6.07) is -0.980. The van der Waals surface area contributed by atoms with Crippen LogP contribution in [-0.4, -0.2) is 63.3 Å². The van der Waals surface area contributed by atoms with Crippen molar-refractivity contribution in [1.82, 2.24) is 9.80 Å². The van der Waals surface area contributed by atoms with Crippen LogP contribution < -0.4 is 0 Å². The smallest absolute Gasteiger partial charge is 0.326 e. The molecule has 2 amide bonds. The number of aliphatic hydroxyl groups is 1. The van der Waals surface area contributed by atoms with E-state index in [1.165, 1.54) is 4.90 Å². The molecule has 1 unspecified atom stereocenters. The quantitative estimate of drug-likeness (QED) is 0.716. The molecule has 2 fully saturated rings. The number of carbonyl (C=O) groups excluding carboxylic acids is 1. The van der Waals surface area contributed by atoms with Crippen molar-refractivity contribution in [1.29, 1.82) is 0 Å². The van der Waals surface area contributed by atoms with Crippen molar-refractivity contribution >= 4 is 12.0 Å². The molecule has 3 atom stereocenters. The molecular formula is C12H20N2O4. The van der Waals surface area contributed by atoms with E-state index in [2.05, 4.69) is 0 Å². The van der Waals surface area contributed by atoms with Crippen molar-refractivity contribution < 1.29 is 19.8 Å². The second-order valence-electron chi connectivity index (χ2n) is 5.22. The first-order valence-electron chi connectivity index (χ1n) is 6.49. The lowest BCUT2D eigenvalue weighted by Gasteiger charge is -2.37. The van der Waals surface area contributed by atoms with Gasteiger partial charge in [0.05, 0.1) is 6.10 Å². The van der Waals surface area contributed by atoms with Gasteiger partial charge in [-0.1, -0.05) is 0 Å². The number of carbonyl (C=O) groups is 2. The molecule has 6 heteroatoms. The van der Waals surface area contributed by atoms with Crippen LogP contribution in [0.2, 0.25) is 0 Å². The number of aliphatic carboxylic acids is 1. The molecule has 2 N–H and O–H groups in total. The monoisotopic (exact) mass is 256 g/mol. The molecule has 102 valence electrons. The fraction of sp³-hybridized carbons (Fsp3) is 0.833. The zero-order valence-corrected chi connectivity index (χ0v) is 10.6. The number of hydrogen-bond acceptors (Lipinski definition) is 3. The van der Waals surface area contributed by atoms with E-state index in [-0.39, 0.29) is 25.0 Å². The lowest BCUT2D eigenvalue weighted by atomic mass is 10.0. The number of aliphatic hydroxyl groups excluding tert-OH is 1. The van der Waals surface area contributed by atoms with Crippen LogP contribution in [0, 0.1) is 0 Å². The number of hydrogen-bond donors (Lipinski definition) is 2. The van der Waals surface area contributed by atoms with Gasteiger partial charge >= 0.3 is 12.0 Å². The topological polar surface area (TPSA) is 81.1 Å². The van der Waals surface area contributed by atoms with E-state index >= 15 is 0 Å². The van der Waals surface area contributed by atoms with Crippen molar-refractivity contribution in [2.24, 2.45) is 0 Å². The van der Waals surface area contributed by atoms with Gasteiger partial charge in [0.1, 0.15) is 6.04 Å². The molecule has 0 aromatic heterocycles. The number of carboxylic acids is 1. The Kier molecular flexibility index (Phi) is 3.75. The number of piperidine rings is 1. The van der Waals surface area contributed by atoms with Gasteiger partial charge in [0.2, 0.25) is 0 Å². The van der Waals surface area contributed by atoms with Crippen molar-refractivity contribution in [2.75, 3.05) is 13.1 Å². The lowest BCUT2D eigenvalue weighted by Crippen LogP contribution is -2.52. The van der Waals surface area contributed by atoms with E-state index in [1.54, 1.807) is 4.90 Å². The predicted octanol–water partition coefficient (Wildman–Crippen LogP) is 0.501. The Morgan fingerprint density at radius 3 is 2.56 bits per heavy atom. The number of amides is 2. The van der Waals surface area contributed by atoms with Gasteiger partial charge in [-0.3, -0.25) is 0 Å². The fourth-order valence-corrected chi connectivity index (χ4v) is 2.81. The molecular weight excluding hydrogens is 236 g/mol. The summed E-state index contributed by atoms with van der Waals surface area (Å²) in [6.45, 7) is 2.79. The van der Waals surface area contributed by atoms with Crippen molar-refractivity contribution in [3.63, 3.8) is 0 Å². The third kappa shape index (κ3) is 2.43. The number of nitrogens with zero attached hydrogens (tertiary/aromatic N) is 2. The summed E-state index contributed by atoms with van der Waals surface area (Å²) < 4.78 is 0. The zero-order valence-electron chi connectivity index (χ0n) is 10.6. The Bertz CT molecular complexity index is 347. The van der Waals surface area contributed by atoms with Crippen molar-refractivity contribution in [2.45, 2.75) is 50.8 Å². The molecule has 0 radical (unpaired) electrons. The molecule has 0 bridgehead atoms. The molecule has 0 aromatic carbocycles. The summed E-state index contributed by atoms with van der Waals surface area (Å²) in [7, 11) is 0. The minimum atomic E-state index is -1.04. The van der Waals surface area contributed by atoms with Crippen LogP contribution in [0.5, 0.6) is 0 Å².